The van der Waals surface area contributed by atoms with Crippen LogP contribution in [0.15, 0.2) is 53.1 Å². The van der Waals surface area contributed by atoms with E-state index in [9.17, 15) is 4.79 Å². The van der Waals surface area contributed by atoms with E-state index in [2.05, 4.69) is 20.9 Å². The van der Waals surface area contributed by atoms with E-state index < -0.39 is 0 Å². The lowest BCUT2D eigenvalue weighted by Gasteiger charge is -2.01. The predicted molar refractivity (Wildman–Crippen MR) is 71.0 cm³/mol. The molecular formula is C14H12BrNO. The molecule has 0 fully saturated rings. The molecule has 0 saturated heterocycles. The number of ketones is 1. The maximum absolute atomic E-state index is 11.8. The number of aryl methyl sites for hydroxylation is 1. The molecule has 0 bridgehead atoms. The Morgan fingerprint density at radius 3 is 2.53 bits per heavy atom. The van der Waals surface area contributed by atoms with E-state index in [0.717, 1.165) is 15.7 Å². The van der Waals surface area contributed by atoms with E-state index in [-0.39, 0.29) is 5.78 Å². The first-order valence-electron chi connectivity index (χ1n) is 5.44. The monoisotopic (exact) mass is 289 g/mol. The van der Waals surface area contributed by atoms with E-state index in [1.165, 1.54) is 0 Å². The molecule has 0 amide bonds. The summed E-state index contributed by atoms with van der Waals surface area (Å²) in [5.41, 5.74) is 1.71. The maximum atomic E-state index is 11.8. The van der Waals surface area contributed by atoms with E-state index in [1.807, 2.05) is 42.5 Å². The number of carbonyl (C=O) groups is 1. The summed E-state index contributed by atoms with van der Waals surface area (Å²) in [6.45, 7) is 0. The Labute approximate surface area is 109 Å². The Morgan fingerprint density at radius 2 is 1.88 bits per heavy atom. The molecule has 0 unspecified atom stereocenters. The van der Waals surface area contributed by atoms with Crippen molar-refractivity contribution in [2.24, 2.45) is 0 Å². The first-order chi connectivity index (χ1) is 8.25. The summed E-state index contributed by atoms with van der Waals surface area (Å²) in [6, 6.07) is 13.2. The lowest BCUT2D eigenvalue weighted by atomic mass is 10.1. The third-order valence-corrected chi connectivity index (χ3v) is 2.96. The lowest BCUT2D eigenvalue weighted by Crippen LogP contribution is -2.01. The van der Waals surface area contributed by atoms with Crippen LogP contribution in [0.2, 0.25) is 0 Å². The minimum absolute atomic E-state index is 0.162. The van der Waals surface area contributed by atoms with Crippen LogP contribution in [0.3, 0.4) is 0 Å². The molecule has 17 heavy (non-hydrogen) atoms. The lowest BCUT2D eigenvalue weighted by molar-refractivity contribution is 0.0982. The molecule has 1 heterocycles. The van der Waals surface area contributed by atoms with Gasteiger partial charge in [-0.3, -0.25) is 9.78 Å². The van der Waals surface area contributed by atoms with Crippen molar-refractivity contribution in [1.29, 1.82) is 0 Å². The number of halogens is 1. The molecule has 0 spiro atoms. The third-order valence-electron chi connectivity index (χ3n) is 2.49. The van der Waals surface area contributed by atoms with Crippen LogP contribution >= 0.6 is 15.9 Å². The van der Waals surface area contributed by atoms with Crippen LogP contribution in [0, 0.1) is 0 Å². The molecule has 2 nitrogen and oxygen atoms in total. The van der Waals surface area contributed by atoms with Gasteiger partial charge in [-0.25, -0.2) is 0 Å². The fraction of sp³-hybridized carbons (Fsp3) is 0.143. The van der Waals surface area contributed by atoms with Crippen LogP contribution in [0.4, 0.5) is 0 Å². The van der Waals surface area contributed by atoms with Gasteiger partial charge in [-0.1, -0.05) is 30.3 Å². The Balaban J connectivity index is 1.95. The minimum Gasteiger partial charge on any atom is -0.294 e. The van der Waals surface area contributed by atoms with Crippen molar-refractivity contribution in [3.05, 3.63) is 64.4 Å². The molecule has 2 rings (SSSR count). The van der Waals surface area contributed by atoms with Crippen LogP contribution < -0.4 is 0 Å². The van der Waals surface area contributed by atoms with Crippen LogP contribution in [-0.4, -0.2) is 10.8 Å². The molecule has 0 aliphatic carbocycles. The largest absolute Gasteiger partial charge is 0.294 e. The van der Waals surface area contributed by atoms with Gasteiger partial charge in [0.2, 0.25) is 0 Å². The SMILES string of the molecule is O=C(CCc1ccc(Br)cn1)c1ccccc1. The summed E-state index contributed by atoms with van der Waals surface area (Å²) < 4.78 is 0.954. The fourth-order valence-electron chi connectivity index (χ4n) is 1.56. The summed E-state index contributed by atoms with van der Waals surface area (Å²) in [4.78, 5) is 16.1. The number of hydrogen-bond acceptors (Lipinski definition) is 2. The number of nitrogens with zero attached hydrogens (tertiary/aromatic N) is 1. The number of hydrogen-bond donors (Lipinski definition) is 0. The average molecular weight is 290 g/mol. The van der Waals surface area contributed by atoms with Gasteiger partial charge in [-0.05, 0) is 34.5 Å². The van der Waals surface area contributed by atoms with Gasteiger partial charge in [0, 0.05) is 28.3 Å². The second kappa shape index (κ2) is 5.73. The molecule has 0 aliphatic rings. The number of Topliss-reactive ketones (excluding diaryl/α,β-unsaturated/α-hetero) is 1. The van der Waals surface area contributed by atoms with Crippen molar-refractivity contribution in [3.8, 4) is 0 Å². The van der Waals surface area contributed by atoms with Gasteiger partial charge in [0.05, 0.1) is 0 Å². The summed E-state index contributed by atoms with van der Waals surface area (Å²) in [5, 5.41) is 0. The Bertz CT molecular complexity index is 493. The van der Waals surface area contributed by atoms with E-state index in [1.54, 1.807) is 6.20 Å². The molecule has 0 radical (unpaired) electrons. The molecule has 1 aromatic heterocycles. The summed E-state index contributed by atoms with van der Waals surface area (Å²) in [5.74, 6) is 0.162. The van der Waals surface area contributed by atoms with Gasteiger partial charge >= 0.3 is 0 Å². The summed E-state index contributed by atoms with van der Waals surface area (Å²) in [7, 11) is 0. The number of rotatable bonds is 4. The molecule has 0 saturated carbocycles. The molecule has 0 aliphatic heterocycles. The van der Waals surface area contributed by atoms with E-state index in [0.29, 0.717) is 12.8 Å². The highest BCUT2D eigenvalue weighted by Gasteiger charge is 2.05. The second-order valence-corrected chi connectivity index (χ2v) is 4.67. The van der Waals surface area contributed by atoms with Crippen LogP contribution in [0.25, 0.3) is 0 Å². The smallest absolute Gasteiger partial charge is 0.163 e. The van der Waals surface area contributed by atoms with Crippen molar-refractivity contribution in [3.63, 3.8) is 0 Å². The fourth-order valence-corrected chi connectivity index (χ4v) is 1.80. The van der Waals surface area contributed by atoms with Gasteiger partial charge in [0.1, 0.15) is 0 Å². The van der Waals surface area contributed by atoms with Crippen LogP contribution in [0.5, 0.6) is 0 Å². The van der Waals surface area contributed by atoms with Gasteiger partial charge < -0.3 is 0 Å². The van der Waals surface area contributed by atoms with Gasteiger partial charge in [0.15, 0.2) is 5.78 Å². The molecular weight excluding hydrogens is 278 g/mol. The maximum Gasteiger partial charge on any atom is 0.163 e. The molecule has 3 heteroatoms. The predicted octanol–water partition coefficient (Wildman–Crippen LogP) is 3.66. The van der Waals surface area contributed by atoms with Gasteiger partial charge in [0.25, 0.3) is 0 Å². The van der Waals surface area contributed by atoms with E-state index in [4.69, 9.17) is 0 Å². The highest BCUT2D eigenvalue weighted by atomic mass is 79.9. The van der Waals surface area contributed by atoms with Gasteiger partial charge in [-0.2, -0.15) is 0 Å². The minimum atomic E-state index is 0.162. The number of carbonyl (C=O) groups excluding carboxylic acids is 1. The number of benzene rings is 1. The average Bonchev–Trinajstić information content (AvgIpc) is 2.39. The number of aromatic nitrogens is 1. The topological polar surface area (TPSA) is 30.0 Å². The van der Waals surface area contributed by atoms with Crippen molar-refractivity contribution in [1.82, 2.24) is 4.98 Å². The van der Waals surface area contributed by atoms with Crippen molar-refractivity contribution >= 4 is 21.7 Å². The van der Waals surface area contributed by atoms with Crippen molar-refractivity contribution < 1.29 is 4.79 Å². The third kappa shape index (κ3) is 3.49. The zero-order chi connectivity index (χ0) is 12.1. The molecule has 0 atom stereocenters. The zero-order valence-corrected chi connectivity index (χ0v) is 10.9. The first-order valence-corrected chi connectivity index (χ1v) is 6.24. The standard InChI is InChI=1S/C14H12BrNO/c15-12-6-7-13(16-10-12)8-9-14(17)11-4-2-1-3-5-11/h1-7,10H,8-9H2. The van der Waals surface area contributed by atoms with E-state index >= 15 is 0 Å². The first kappa shape index (κ1) is 12.0. The molecule has 1 aromatic carbocycles. The summed E-state index contributed by atoms with van der Waals surface area (Å²) >= 11 is 3.33. The Morgan fingerprint density at radius 1 is 1.12 bits per heavy atom. The molecule has 0 N–H and O–H groups in total. The highest BCUT2D eigenvalue weighted by molar-refractivity contribution is 9.10. The quantitative estimate of drug-likeness (QED) is 0.804. The summed E-state index contributed by atoms with van der Waals surface area (Å²) in [6.07, 6.45) is 2.93. The number of pyridine rings is 1. The van der Waals surface area contributed by atoms with Crippen molar-refractivity contribution in [2.75, 3.05) is 0 Å². The zero-order valence-electron chi connectivity index (χ0n) is 9.27. The Hall–Kier alpha value is -1.48. The van der Waals surface area contributed by atoms with Crippen molar-refractivity contribution in [2.45, 2.75) is 12.8 Å². The molecule has 2 aromatic rings. The normalized spacial score (nSPS) is 10.2. The van der Waals surface area contributed by atoms with Crippen LogP contribution in [0.1, 0.15) is 22.5 Å². The van der Waals surface area contributed by atoms with Gasteiger partial charge in [-0.15, -0.1) is 0 Å². The van der Waals surface area contributed by atoms with Crippen LogP contribution in [-0.2, 0) is 6.42 Å². The molecule has 86 valence electrons. The Kier molecular flexibility index (Phi) is 4.04. The second-order valence-electron chi connectivity index (χ2n) is 3.76. The highest BCUT2D eigenvalue weighted by Crippen LogP contribution is 2.10.